The van der Waals surface area contributed by atoms with Crippen LogP contribution in [0.4, 0.5) is 13.2 Å². The minimum atomic E-state index is -4.47. The average molecular weight is 771 g/mol. The first-order chi connectivity index (χ1) is 28.7. The standard InChI is InChI=1S/C54H37F3N2/c1-4-35-11-7-13-37(27-35)39-18-22-50-46(29-39)48-31-41(20-24-51(48)58(50)44-16-6-10-34(3)26-44)42-21-25-53-49(32-42)47-30-40(38-14-8-12-36(5-2)28-38)19-23-52(47)59(53)45-17-9-15-43(33-45)54(55,56)57/h4-33H,1-2H2,3H3. The highest BCUT2D eigenvalue weighted by Crippen LogP contribution is 2.41. The molecule has 0 aliphatic rings. The predicted molar refractivity (Wildman–Crippen MR) is 241 cm³/mol. The summed E-state index contributed by atoms with van der Waals surface area (Å²) in [5.41, 5.74) is 14.3. The van der Waals surface area contributed by atoms with Crippen LogP contribution in [0.2, 0.25) is 0 Å². The minimum Gasteiger partial charge on any atom is -0.309 e. The van der Waals surface area contributed by atoms with Gasteiger partial charge in [-0.15, -0.1) is 0 Å². The molecule has 0 spiro atoms. The first-order valence-corrected chi connectivity index (χ1v) is 19.5. The Morgan fingerprint density at radius 2 is 0.780 bits per heavy atom. The summed E-state index contributed by atoms with van der Waals surface area (Å²) in [4.78, 5) is 0. The number of aromatic nitrogens is 2. The van der Waals surface area contributed by atoms with E-state index in [0.29, 0.717) is 5.69 Å². The Morgan fingerprint density at radius 1 is 0.407 bits per heavy atom. The van der Waals surface area contributed by atoms with Crippen LogP contribution in [0, 0.1) is 6.92 Å². The Hall–Kier alpha value is -7.37. The molecule has 10 aromatic rings. The Labute approximate surface area is 340 Å². The lowest BCUT2D eigenvalue weighted by Crippen LogP contribution is -2.06. The number of hydrogen-bond donors (Lipinski definition) is 0. The summed E-state index contributed by atoms with van der Waals surface area (Å²) in [6.07, 6.45) is -0.778. The third-order valence-corrected chi connectivity index (χ3v) is 11.5. The van der Waals surface area contributed by atoms with Gasteiger partial charge in [-0.2, -0.15) is 13.2 Å². The largest absolute Gasteiger partial charge is 0.416 e. The average Bonchev–Trinajstić information content (AvgIpc) is 3.77. The number of nitrogens with zero attached hydrogens (tertiary/aromatic N) is 2. The molecule has 0 amide bonds. The monoisotopic (exact) mass is 770 g/mol. The summed E-state index contributed by atoms with van der Waals surface area (Å²) in [6.45, 7) is 10.0. The van der Waals surface area contributed by atoms with Gasteiger partial charge in [0.25, 0.3) is 0 Å². The second-order valence-corrected chi connectivity index (χ2v) is 15.1. The fourth-order valence-corrected chi connectivity index (χ4v) is 8.60. The van der Waals surface area contributed by atoms with E-state index in [2.05, 4.69) is 140 Å². The zero-order valence-electron chi connectivity index (χ0n) is 32.3. The van der Waals surface area contributed by atoms with E-state index < -0.39 is 11.7 Å². The number of hydrogen-bond acceptors (Lipinski definition) is 0. The Balaban J connectivity index is 1.20. The molecule has 0 fully saturated rings. The Bertz CT molecular complexity index is 3320. The smallest absolute Gasteiger partial charge is 0.309 e. The molecule has 0 bridgehead atoms. The first kappa shape index (κ1) is 36.0. The molecule has 0 aliphatic carbocycles. The van der Waals surface area contributed by atoms with Crippen molar-refractivity contribution in [2.75, 3.05) is 0 Å². The van der Waals surface area contributed by atoms with Gasteiger partial charge < -0.3 is 9.13 Å². The molecule has 59 heavy (non-hydrogen) atoms. The van der Waals surface area contributed by atoms with Gasteiger partial charge in [0.2, 0.25) is 0 Å². The van der Waals surface area contributed by atoms with Crippen molar-refractivity contribution < 1.29 is 13.2 Å². The van der Waals surface area contributed by atoms with Gasteiger partial charge >= 0.3 is 6.18 Å². The van der Waals surface area contributed by atoms with Crippen molar-refractivity contribution in [2.45, 2.75) is 13.1 Å². The van der Waals surface area contributed by atoms with Gasteiger partial charge in [-0.05, 0) is 148 Å². The number of halogens is 3. The van der Waals surface area contributed by atoms with Gasteiger partial charge in [0.05, 0.1) is 27.6 Å². The number of rotatable bonds is 7. The molecular weight excluding hydrogens is 734 g/mol. The van der Waals surface area contributed by atoms with Gasteiger partial charge in [0, 0.05) is 32.9 Å². The zero-order chi connectivity index (χ0) is 40.4. The van der Waals surface area contributed by atoms with Crippen LogP contribution in [0.15, 0.2) is 183 Å². The number of benzene rings is 8. The zero-order valence-corrected chi connectivity index (χ0v) is 32.3. The predicted octanol–water partition coefficient (Wildman–Crippen LogP) is 15.5. The van der Waals surface area contributed by atoms with Gasteiger partial charge in [-0.1, -0.05) is 104 Å². The van der Waals surface area contributed by atoms with Crippen LogP contribution in [0.5, 0.6) is 0 Å². The minimum absolute atomic E-state index is 0.453. The normalized spacial score (nSPS) is 11.9. The van der Waals surface area contributed by atoms with Crippen molar-refractivity contribution in [3.05, 3.63) is 205 Å². The first-order valence-electron chi connectivity index (χ1n) is 19.5. The second-order valence-electron chi connectivity index (χ2n) is 15.1. The lowest BCUT2D eigenvalue weighted by Gasteiger charge is -2.12. The summed E-state index contributed by atoms with van der Waals surface area (Å²) < 4.78 is 46.3. The molecule has 0 saturated carbocycles. The SMILES string of the molecule is C=Cc1cccc(-c2ccc3c(c2)c2cc(-c4ccc5c(c4)c4cc(-c6cccc(C=C)c6)ccc4n5-c4cccc(C(F)(F)F)c4)ccc2n3-c2cccc(C)c2)c1. The van der Waals surface area contributed by atoms with Gasteiger partial charge in [0.15, 0.2) is 0 Å². The van der Waals surface area contributed by atoms with E-state index in [1.807, 2.05) is 47.1 Å². The fourth-order valence-electron chi connectivity index (χ4n) is 8.60. The van der Waals surface area contributed by atoms with Crippen molar-refractivity contribution in [2.24, 2.45) is 0 Å². The second kappa shape index (κ2) is 13.9. The fraction of sp³-hybridized carbons (Fsp3) is 0.0370. The number of alkyl halides is 3. The summed E-state index contributed by atoms with van der Waals surface area (Å²) >= 11 is 0. The van der Waals surface area contributed by atoms with Crippen LogP contribution < -0.4 is 0 Å². The van der Waals surface area contributed by atoms with Gasteiger partial charge in [-0.3, -0.25) is 0 Å². The van der Waals surface area contributed by atoms with Crippen LogP contribution in [-0.2, 0) is 6.18 Å². The van der Waals surface area contributed by atoms with Crippen LogP contribution in [0.3, 0.4) is 0 Å². The topological polar surface area (TPSA) is 9.86 Å². The van der Waals surface area contributed by atoms with E-state index >= 15 is 0 Å². The molecule has 0 saturated heterocycles. The molecule has 0 radical (unpaired) electrons. The van der Waals surface area contributed by atoms with Crippen molar-refractivity contribution >= 4 is 55.8 Å². The van der Waals surface area contributed by atoms with Gasteiger partial charge in [0.1, 0.15) is 0 Å². The molecule has 8 aromatic carbocycles. The maximum atomic E-state index is 14.0. The summed E-state index contributed by atoms with van der Waals surface area (Å²) in [6, 6.07) is 56.5. The van der Waals surface area contributed by atoms with Gasteiger partial charge in [-0.25, -0.2) is 0 Å². The summed E-state index contributed by atoms with van der Waals surface area (Å²) in [5, 5.41) is 4.16. The van der Waals surface area contributed by atoms with E-state index in [0.717, 1.165) is 99.9 Å². The lowest BCUT2D eigenvalue weighted by atomic mass is 9.98. The third-order valence-electron chi connectivity index (χ3n) is 11.5. The van der Waals surface area contributed by atoms with Crippen LogP contribution in [0.25, 0.3) is 101 Å². The van der Waals surface area contributed by atoms with Crippen molar-refractivity contribution in [3.8, 4) is 44.8 Å². The third kappa shape index (κ3) is 6.23. The lowest BCUT2D eigenvalue weighted by molar-refractivity contribution is -0.137. The molecular formula is C54H37F3N2. The quantitative estimate of drug-likeness (QED) is 0.153. The van der Waals surface area contributed by atoms with Crippen molar-refractivity contribution in [3.63, 3.8) is 0 Å². The van der Waals surface area contributed by atoms with E-state index in [-0.39, 0.29) is 0 Å². The molecule has 2 aromatic heterocycles. The van der Waals surface area contributed by atoms with Crippen molar-refractivity contribution in [1.29, 1.82) is 0 Å². The summed E-state index contributed by atoms with van der Waals surface area (Å²) in [7, 11) is 0. The highest BCUT2D eigenvalue weighted by molar-refractivity contribution is 6.14. The molecule has 10 rings (SSSR count). The highest BCUT2D eigenvalue weighted by Gasteiger charge is 2.31. The number of aryl methyl sites for hydroxylation is 1. The molecule has 284 valence electrons. The van der Waals surface area contributed by atoms with E-state index in [1.165, 1.54) is 17.7 Å². The molecule has 2 heterocycles. The van der Waals surface area contributed by atoms with E-state index in [1.54, 1.807) is 6.07 Å². The Morgan fingerprint density at radius 3 is 1.17 bits per heavy atom. The maximum absolute atomic E-state index is 14.0. The molecule has 0 N–H and O–H groups in total. The molecule has 2 nitrogen and oxygen atoms in total. The molecule has 0 aliphatic heterocycles. The van der Waals surface area contributed by atoms with Crippen LogP contribution >= 0.6 is 0 Å². The van der Waals surface area contributed by atoms with Crippen molar-refractivity contribution in [1.82, 2.24) is 9.13 Å². The van der Waals surface area contributed by atoms with Crippen LogP contribution in [0.1, 0.15) is 22.3 Å². The maximum Gasteiger partial charge on any atom is 0.416 e. The molecule has 5 heteroatoms. The summed E-state index contributed by atoms with van der Waals surface area (Å²) in [5.74, 6) is 0. The molecule has 0 atom stereocenters. The number of fused-ring (bicyclic) bond motifs is 6. The van der Waals surface area contributed by atoms with E-state index in [4.69, 9.17) is 0 Å². The van der Waals surface area contributed by atoms with E-state index in [9.17, 15) is 13.2 Å². The van der Waals surface area contributed by atoms with Crippen LogP contribution in [-0.4, -0.2) is 9.13 Å². The highest BCUT2D eigenvalue weighted by atomic mass is 19.4. The Kier molecular flexibility index (Phi) is 8.50. The molecule has 0 unspecified atom stereocenters.